The third-order valence-corrected chi connectivity index (χ3v) is 2.70. The molecule has 0 amide bonds. The molecule has 0 spiro atoms. The highest BCUT2D eigenvalue weighted by atomic mass is 32.1. The van der Waals surface area contributed by atoms with Crippen LogP contribution in [0.25, 0.3) is 11.3 Å². The molecule has 0 radical (unpaired) electrons. The number of nitrogens with zero attached hydrogens (tertiary/aromatic N) is 1. The van der Waals surface area contributed by atoms with Crippen molar-refractivity contribution in [2.75, 3.05) is 12.5 Å². The second-order valence-electron chi connectivity index (χ2n) is 3.32. The molecule has 2 N–H and O–H groups in total. The summed E-state index contributed by atoms with van der Waals surface area (Å²) in [5.74, 6) is 0. The molecule has 0 atom stereocenters. The Labute approximate surface area is 93.7 Å². The van der Waals surface area contributed by atoms with Crippen LogP contribution >= 0.6 is 12.2 Å². The monoisotopic (exact) mass is 219 g/mol. The number of aromatic amines is 1. The van der Waals surface area contributed by atoms with E-state index < -0.39 is 0 Å². The van der Waals surface area contributed by atoms with Gasteiger partial charge in [-0.1, -0.05) is 30.3 Å². The van der Waals surface area contributed by atoms with E-state index in [1.807, 2.05) is 36.8 Å². The number of hydrogen-bond donors (Lipinski definition) is 2. The highest BCUT2D eigenvalue weighted by Gasteiger charge is 2.07. The van der Waals surface area contributed by atoms with Gasteiger partial charge in [0.2, 0.25) is 0 Å². The molecule has 2 rings (SSSR count). The van der Waals surface area contributed by atoms with E-state index >= 15 is 0 Å². The fourth-order valence-electron chi connectivity index (χ4n) is 1.67. The summed E-state index contributed by atoms with van der Waals surface area (Å²) in [6.45, 7) is 2.03. The summed E-state index contributed by atoms with van der Waals surface area (Å²) in [6.07, 6.45) is 0. The lowest BCUT2D eigenvalue weighted by Crippen LogP contribution is -2.10. The standard InChI is InChI=1S/C11H13N3S/c1-8-10(9-6-4-3-5-7-9)13-11(15)14(8)12-2/h3-7,12H,1-2H3,(H,13,15). The molecule has 0 unspecified atom stereocenters. The zero-order valence-corrected chi connectivity index (χ0v) is 9.56. The summed E-state index contributed by atoms with van der Waals surface area (Å²) in [4.78, 5) is 3.20. The summed E-state index contributed by atoms with van der Waals surface area (Å²) in [5, 5.41) is 0. The van der Waals surface area contributed by atoms with Crippen molar-refractivity contribution in [3.63, 3.8) is 0 Å². The van der Waals surface area contributed by atoms with Gasteiger partial charge in [0.1, 0.15) is 0 Å². The van der Waals surface area contributed by atoms with Crippen LogP contribution in [-0.4, -0.2) is 16.7 Å². The van der Waals surface area contributed by atoms with Gasteiger partial charge in [-0.2, -0.15) is 0 Å². The van der Waals surface area contributed by atoms with Gasteiger partial charge in [-0.15, -0.1) is 0 Å². The second-order valence-corrected chi connectivity index (χ2v) is 3.70. The Morgan fingerprint density at radius 3 is 2.47 bits per heavy atom. The minimum absolute atomic E-state index is 0.689. The van der Waals surface area contributed by atoms with Gasteiger partial charge in [-0.05, 0) is 24.7 Å². The zero-order valence-electron chi connectivity index (χ0n) is 8.74. The average Bonchev–Trinajstić information content (AvgIpc) is 2.55. The van der Waals surface area contributed by atoms with E-state index in [1.165, 1.54) is 0 Å². The fraction of sp³-hybridized carbons (Fsp3) is 0.182. The van der Waals surface area contributed by atoms with Crippen LogP contribution in [0.5, 0.6) is 0 Å². The third-order valence-electron chi connectivity index (χ3n) is 2.42. The molecule has 1 aromatic carbocycles. The Morgan fingerprint density at radius 2 is 1.93 bits per heavy atom. The molecular formula is C11H13N3S. The highest BCUT2D eigenvalue weighted by Crippen LogP contribution is 2.20. The van der Waals surface area contributed by atoms with Gasteiger partial charge in [0.15, 0.2) is 4.77 Å². The number of hydrogen-bond acceptors (Lipinski definition) is 2. The van der Waals surface area contributed by atoms with Crippen molar-refractivity contribution in [2.45, 2.75) is 6.92 Å². The maximum Gasteiger partial charge on any atom is 0.196 e. The molecule has 3 nitrogen and oxygen atoms in total. The number of aromatic nitrogens is 2. The van der Waals surface area contributed by atoms with Crippen LogP contribution in [0, 0.1) is 11.7 Å². The first kappa shape index (κ1) is 9.98. The minimum atomic E-state index is 0.689. The van der Waals surface area contributed by atoms with Crippen LogP contribution in [0.3, 0.4) is 0 Å². The van der Waals surface area contributed by atoms with E-state index in [0.717, 1.165) is 17.0 Å². The van der Waals surface area contributed by atoms with Crippen LogP contribution < -0.4 is 5.43 Å². The van der Waals surface area contributed by atoms with E-state index in [4.69, 9.17) is 12.2 Å². The molecule has 0 bridgehead atoms. The average molecular weight is 219 g/mol. The Bertz CT molecular complexity index is 510. The number of nitrogens with one attached hydrogen (secondary N) is 2. The highest BCUT2D eigenvalue weighted by molar-refractivity contribution is 7.71. The Morgan fingerprint density at radius 1 is 1.27 bits per heavy atom. The Hall–Kier alpha value is -1.55. The predicted molar refractivity (Wildman–Crippen MR) is 65.1 cm³/mol. The van der Waals surface area contributed by atoms with E-state index in [9.17, 15) is 0 Å². The van der Waals surface area contributed by atoms with Crippen molar-refractivity contribution in [1.29, 1.82) is 0 Å². The SMILES string of the molecule is CNn1c(C)c(-c2ccccc2)[nH]c1=S. The molecule has 0 saturated heterocycles. The van der Waals surface area contributed by atoms with Gasteiger partial charge >= 0.3 is 0 Å². The van der Waals surface area contributed by atoms with Gasteiger partial charge in [0.25, 0.3) is 0 Å². The van der Waals surface area contributed by atoms with Crippen molar-refractivity contribution in [3.8, 4) is 11.3 Å². The maximum absolute atomic E-state index is 5.20. The molecule has 2 aromatic rings. The molecule has 0 aliphatic rings. The van der Waals surface area contributed by atoms with Crippen LogP contribution in [0.1, 0.15) is 5.69 Å². The molecule has 1 aromatic heterocycles. The molecule has 78 valence electrons. The molecule has 0 fully saturated rings. The lowest BCUT2D eigenvalue weighted by atomic mass is 10.1. The van der Waals surface area contributed by atoms with Crippen molar-refractivity contribution >= 4 is 12.2 Å². The molecule has 0 aliphatic carbocycles. The van der Waals surface area contributed by atoms with Crippen LogP contribution in [0.15, 0.2) is 30.3 Å². The number of H-pyrrole nitrogens is 1. The van der Waals surface area contributed by atoms with Crippen LogP contribution in [0.4, 0.5) is 0 Å². The van der Waals surface area contributed by atoms with Crippen LogP contribution in [-0.2, 0) is 0 Å². The summed E-state index contributed by atoms with van der Waals surface area (Å²) in [6, 6.07) is 10.2. The molecule has 15 heavy (non-hydrogen) atoms. The summed E-state index contributed by atoms with van der Waals surface area (Å²) in [5.41, 5.74) is 6.34. The van der Waals surface area contributed by atoms with E-state index in [1.54, 1.807) is 0 Å². The predicted octanol–water partition coefficient (Wildman–Crippen LogP) is 2.69. The normalized spacial score (nSPS) is 10.3. The maximum atomic E-state index is 5.20. The Balaban J connectivity index is 2.60. The number of imidazole rings is 1. The Kier molecular flexibility index (Phi) is 2.60. The zero-order chi connectivity index (χ0) is 10.8. The van der Waals surface area contributed by atoms with Gasteiger partial charge in [-0.25, -0.2) is 4.68 Å². The van der Waals surface area contributed by atoms with Crippen molar-refractivity contribution < 1.29 is 0 Å². The van der Waals surface area contributed by atoms with Crippen LogP contribution in [0.2, 0.25) is 0 Å². The lowest BCUT2D eigenvalue weighted by Gasteiger charge is -2.03. The van der Waals surface area contributed by atoms with Crippen molar-refractivity contribution in [3.05, 3.63) is 40.8 Å². The van der Waals surface area contributed by atoms with Gasteiger partial charge in [0, 0.05) is 7.05 Å². The second kappa shape index (κ2) is 3.90. The largest absolute Gasteiger partial charge is 0.329 e. The van der Waals surface area contributed by atoms with Gasteiger partial charge in [-0.3, -0.25) is 0 Å². The first-order valence-electron chi connectivity index (χ1n) is 4.79. The molecule has 4 heteroatoms. The third kappa shape index (κ3) is 1.68. The van der Waals surface area contributed by atoms with Crippen molar-refractivity contribution in [2.24, 2.45) is 0 Å². The summed E-state index contributed by atoms with van der Waals surface area (Å²) in [7, 11) is 1.85. The quantitative estimate of drug-likeness (QED) is 0.761. The minimum Gasteiger partial charge on any atom is -0.329 e. The first-order valence-corrected chi connectivity index (χ1v) is 5.19. The molecule has 0 saturated carbocycles. The topological polar surface area (TPSA) is 32.8 Å². The first-order chi connectivity index (χ1) is 7.24. The number of rotatable bonds is 2. The van der Waals surface area contributed by atoms with E-state index in [2.05, 4.69) is 22.5 Å². The van der Waals surface area contributed by atoms with Gasteiger partial charge in [0.05, 0.1) is 11.4 Å². The fourth-order valence-corrected chi connectivity index (χ4v) is 2.00. The van der Waals surface area contributed by atoms with Crippen molar-refractivity contribution in [1.82, 2.24) is 9.66 Å². The number of benzene rings is 1. The smallest absolute Gasteiger partial charge is 0.196 e. The van der Waals surface area contributed by atoms with Gasteiger partial charge < -0.3 is 10.4 Å². The summed E-state index contributed by atoms with van der Waals surface area (Å²) >= 11 is 5.20. The lowest BCUT2D eigenvalue weighted by molar-refractivity contribution is 0.870. The molecule has 1 heterocycles. The van der Waals surface area contributed by atoms with E-state index in [0.29, 0.717) is 4.77 Å². The molecular weight excluding hydrogens is 206 g/mol. The summed E-state index contributed by atoms with van der Waals surface area (Å²) < 4.78 is 2.55. The van der Waals surface area contributed by atoms with E-state index in [-0.39, 0.29) is 0 Å². The molecule has 0 aliphatic heterocycles.